The van der Waals surface area contributed by atoms with E-state index in [9.17, 15) is 10.2 Å². The van der Waals surface area contributed by atoms with E-state index in [0.717, 1.165) is 6.42 Å². The van der Waals surface area contributed by atoms with Gasteiger partial charge in [0.15, 0.2) is 0 Å². The maximum atomic E-state index is 9.63. The van der Waals surface area contributed by atoms with Crippen molar-refractivity contribution in [2.45, 2.75) is 25.1 Å². The van der Waals surface area contributed by atoms with Gasteiger partial charge in [0.1, 0.15) is 5.66 Å². The lowest BCUT2D eigenvalue weighted by Crippen LogP contribution is -2.67. The average Bonchev–Trinajstić information content (AvgIpc) is 2.23. The first-order valence-electron chi connectivity index (χ1n) is 5.32. The Bertz CT molecular complexity index is 157. The minimum absolute atomic E-state index is 0.199. The minimum atomic E-state index is -0.880. The van der Waals surface area contributed by atoms with Gasteiger partial charge in [-0.05, 0) is 26.4 Å². The zero-order valence-electron chi connectivity index (χ0n) is 9.37. The van der Waals surface area contributed by atoms with Crippen molar-refractivity contribution in [2.75, 3.05) is 32.8 Å². The van der Waals surface area contributed by atoms with E-state index in [4.69, 9.17) is 11.5 Å². The highest BCUT2D eigenvalue weighted by atomic mass is 16.3. The van der Waals surface area contributed by atoms with Crippen molar-refractivity contribution in [3.8, 4) is 0 Å². The van der Waals surface area contributed by atoms with Gasteiger partial charge in [0.05, 0.1) is 12.7 Å². The summed E-state index contributed by atoms with van der Waals surface area (Å²) in [7, 11) is 0. The summed E-state index contributed by atoms with van der Waals surface area (Å²) in [6.45, 7) is 3.61. The molecule has 0 aromatic rings. The van der Waals surface area contributed by atoms with Crippen LogP contribution in [0.1, 0.15) is 13.3 Å². The van der Waals surface area contributed by atoms with Crippen LogP contribution >= 0.6 is 0 Å². The largest absolute Gasteiger partial charge is 0.393 e. The van der Waals surface area contributed by atoms with Gasteiger partial charge in [-0.3, -0.25) is 10.6 Å². The fourth-order valence-electron chi connectivity index (χ4n) is 1.31. The smallest absolute Gasteiger partial charge is 0.119 e. The minimum Gasteiger partial charge on any atom is -0.393 e. The first-order chi connectivity index (χ1) is 7.13. The summed E-state index contributed by atoms with van der Waals surface area (Å²) in [5.41, 5.74) is 9.86. The van der Waals surface area contributed by atoms with Gasteiger partial charge < -0.3 is 21.7 Å². The Balaban J connectivity index is 4.23. The predicted molar refractivity (Wildman–Crippen MR) is 60.2 cm³/mol. The number of aliphatic hydroxyl groups excluding tert-OH is 2. The van der Waals surface area contributed by atoms with Crippen LogP contribution in [0.15, 0.2) is 0 Å². The first-order valence-corrected chi connectivity index (χ1v) is 5.32. The van der Waals surface area contributed by atoms with E-state index in [-0.39, 0.29) is 6.61 Å². The summed E-state index contributed by atoms with van der Waals surface area (Å²) < 4.78 is 0. The molecule has 0 saturated heterocycles. The van der Waals surface area contributed by atoms with E-state index in [2.05, 4.69) is 10.6 Å². The molecule has 0 aliphatic rings. The number of nitrogens with one attached hydrogen (secondary N) is 2. The summed E-state index contributed by atoms with van der Waals surface area (Å²) in [6, 6.07) is 0. The number of nitrogens with two attached hydrogens (primary N) is 2. The molecule has 0 radical (unpaired) electrons. The van der Waals surface area contributed by atoms with E-state index >= 15 is 0 Å². The fraction of sp³-hybridized carbons (Fsp3) is 1.00. The van der Waals surface area contributed by atoms with Gasteiger partial charge in [0.2, 0.25) is 0 Å². The maximum absolute atomic E-state index is 9.63. The van der Waals surface area contributed by atoms with Gasteiger partial charge in [0, 0.05) is 13.1 Å². The van der Waals surface area contributed by atoms with E-state index in [1.54, 1.807) is 6.92 Å². The van der Waals surface area contributed by atoms with Gasteiger partial charge in [-0.2, -0.15) is 0 Å². The van der Waals surface area contributed by atoms with Crippen LogP contribution < -0.4 is 22.1 Å². The Labute approximate surface area is 91.0 Å². The van der Waals surface area contributed by atoms with E-state index in [0.29, 0.717) is 26.2 Å². The lowest BCUT2D eigenvalue weighted by Gasteiger charge is -2.37. The summed E-state index contributed by atoms with van der Waals surface area (Å²) >= 11 is 0. The zero-order valence-corrected chi connectivity index (χ0v) is 9.37. The molecule has 8 N–H and O–H groups in total. The Hall–Kier alpha value is -0.240. The standard InChI is InChI=1S/C9H24N4O2/c1-8(15)9(7-14,13-6-4-11)12-5-2-3-10/h8,12-15H,2-7,10-11H2,1H3. The Morgan fingerprint density at radius 2 is 1.80 bits per heavy atom. The molecule has 0 aromatic heterocycles. The van der Waals surface area contributed by atoms with E-state index < -0.39 is 11.8 Å². The number of rotatable bonds is 9. The summed E-state index contributed by atoms with van der Waals surface area (Å²) in [6.07, 6.45) is 0.0745. The van der Waals surface area contributed by atoms with E-state index in [1.165, 1.54) is 0 Å². The normalized spacial score (nSPS) is 17.4. The third-order valence-electron chi connectivity index (χ3n) is 2.37. The van der Waals surface area contributed by atoms with Crippen LogP contribution in [0.5, 0.6) is 0 Å². The van der Waals surface area contributed by atoms with Crippen LogP contribution in [0.4, 0.5) is 0 Å². The molecule has 6 nitrogen and oxygen atoms in total. The first kappa shape index (κ1) is 14.8. The maximum Gasteiger partial charge on any atom is 0.119 e. The van der Waals surface area contributed by atoms with Crippen molar-refractivity contribution in [3.63, 3.8) is 0 Å². The Morgan fingerprint density at radius 3 is 2.20 bits per heavy atom. The molecule has 0 aliphatic carbocycles. The zero-order chi connectivity index (χ0) is 11.7. The van der Waals surface area contributed by atoms with Crippen LogP contribution in [0.3, 0.4) is 0 Å². The van der Waals surface area contributed by atoms with E-state index in [1.807, 2.05) is 0 Å². The van der Waals surface area contributed by atoms with Gasteiger partial charge in [-0.15, -0.1) is 0 Å². The molecule has 92 valence electrons. The van der Waals surface area contributed by atoms with Crippen LogP contribution in [0, 0.1) is 0 Å². The molecule has 0 saturated carbocycles. The van der Waals surface area contributed by atoms with Gasteiger partial charge in [-0.1, -0.05) is 0 Å². The molecule has 2 unspecified atom stereocenters. The van der Waals surface area contributed by atoms with Crippen LogP contribution in [-0.2, 0) is 0 Å². The van der Waals surface area contributed by atoms with Crippen molar-refractivity contribution in [1.29, 1.82) is 0 Å². The van der Waals surface area contributed by atoms with Crippen LogP contribution in [-0.4, -0.2) is 54.8 Å². The highest BCUT2D eigenvalue weighted by molar-refractivity contribution is 4.90. The second-order valence-electron chi connectivity index (χ2n) is 3.59. The highest BCUT2D eigenvalue weighted by Crippen LogP contribution is 2.05. The molecular weight excluding hydrogens is 196 g/mol. The summed E-state index contributed by atoms with van der Waals surface area (Å²) in [5.74, 6) is 0. The number of hydrogen-bond donors (Lipinski definition) is 6. The van der Waals surface area contributed by atoms with Crippen molar-refractivity contribution in [2.24, 2.45) is 11.5 Å². The van der Waals surface area contributed by atoms with Gasteiger partial charge in [-0.25, -0.2) is 0 Å². The van der Waals surface area contributed by atoms with Crippen LogP contribution in [0.25, 0.3) is 0 Å². The average molecular weight is 220 g/mol. The van der Waals surface area contributed by atoms with Gasteiger partial charge >= 0.3 is 0 Å². The quantitative estimate of drug-likeness (QED) is 0.190. The second-order valence-corrected chi connectivity index (χ2v) is 3.59. The summed E-state index contributed by atoms with van der Waals surface area (Å²) in [4.78, 5) is 0. The van der Waals surface area contributed by atoms with Crippen molar-refractivity contribution in [3.05, 3.63) is 0 Å². The lowest BCUT2D eigenvalue weighted by atomic mass is 10.0. The molecule has 0 spiro atoms. The SMILES string of the molecule is CC(O)C(CO)(NCCN)NCCCN. The molecule has 0 rings (SSSR count). The molecule has 0 heterocycles. The molecular formula is C9H24N4O2. The third kappa shape index (κ3) is 4.87. The van der Waals surface area contributed by atoms with Gasteiger partial charge in [0.25, 0.3) is 0 Å². The third-order valence-corrected chi connectivity index (χ3v) is 2.37. The van der Waals surface area contributed by atoms with Crippen molar-refractivity contribution >= 4 is 0 Å². The molecule has 6 heteroatoms. The molecule has 0 amide bonds. The lowest BCUT2D eigenvalue weighted by molar-refractivity contribution is 0.00809. The predicted octanol–water partition coefficient (Wildman–Crippen LogP) is -2.46. The van der Waals surface area contributed by atoms with Crippen molar-refractivity contribution in [1.82, 2.24) is 10.6 Å². The highest BCUT2D eigenvalue weighted by Gasteiger charge is 2.33. The molecule has 0 aliphatic heterocycles. The van der Waals surface area contributed by atoms with Crippen molar-refractivity contribution < 1.29 is 10.2 Å². The molecule has 0 fully saturated rings. The fourth-order valence-corrected chi connectivity index (χ4v) is 1.31. The number of aliphatic hydroxyl groups is 2. The Morgan fingerprint density at radius 1 is 1.20 bits per heavy atom. The topological polar surface area (TPSA) is 117 Å². The Kier molecular flexibility index (Phi) is 7.85. The molecule has 15 heavy (non-hydrogen) atoms. The number of hydrogen-bond acceptors (Lipinski definition) is 6. The second kappa shape index (κ2) is 7.98. The molecule has 0 aromatic carbocycles. The molecule has 2 atom stereocenters. The van der Waals surface area contributed by atoms with Crippen LogP contribution in [0.2, 0.25) is 0 Å². The molecule has 0 bridgehead atoms. The summed E-state index contributed by atoms with van der Waals surface area (Å²) in [5, 5.41) is 25.0. The monoisotopic (exact) mass is 220 g/mol.